The van der Waals surface area contributed by atoms with Crippen LogP contribution in [0.2, 0.25) is 0 Å². The van der Waals surface area contributed by atoms with Crippen LogP contribution in [0.3, 0.4) is 0 Å². The first-order valence-electron chi connectivity index (χ1n) is 6.28. The molecule has 0 aliphatic carbocycles. The molecule has 1 aliphatic rings. The van der Waals surface area contributed by atoms with Gasteiger partial charge in [-0.25, -0.2) is 0 Å². The summed E-state index contributed by atoms with van der Waals surface area (Å²) in [5.74, 6) is 0. The average molecular weight is 230 g/mol. The quantitative estimate of drug-likeness (QED) is 0.876. The summed E-state index contributed by atoms with van der Waals surface area (Å²) >= 11 is 0. The lowest BCUT2D eigenvalue weighted by Crippen LogP contribution is -2.35. The number of hydrogen-bond donors (Lipinski definition) is 1. The van der Waals surface area contributed by atoms with Crippen LogP contribution < -0.4 is 5.32 Å². The van der Waals surface area contributed by atoms with Crippen LogP contribution in [0.4, 0.5) is 0 Å². The molecular weight excluding hydrogens is 212 g/mol. The maximum Gasteiger partial charge on any atom is 0.0728 e. The van der Waals surface area contributed by atoms with E-state index < -0.39 is 0 Å². The molecule has 1 fully saturated rings. The minimum atomic E-state index is 0.602. The molecule has 1 aliphatic heterocycles. The Labute approximate surface area is 101 Å². The van der Waals surface area contributed by atoms with Gasteiger partial charge in [0.2, 0.25) is 0 Å². The lowest BCUT2D eigenvalue weighted by molar-refractivity contribution is 0.0760. The molecule has 1 N–H and O–H groups in total. The summed E-state index contributed by atoms with van der Waals surface area (Å²) in [5, 5.41) is 4.91. The molecule has 1 aromatic heterocycles. The van der Waals surface area contributed by atoms with Crippen molar-refractivity contribution in [1.82, 2.24) is 9.88 Å². The Kier molecular flexibility index (Phi) is 3.12. The summed E-state index contributed by atoms with van der Waals surface area (Å²) in [7, 11) is 0. The van der Waals surface area contributed by atoms with Gasteiger partial charge in [0, 0.05) is 31.0 Å². The van der Waals surface area contributed by atoms with Crippen molar-refractivity contribution in [2.45, 2.75) is 25.6 Å². The number of nitrogens with one attached hydrogen (secondary N) is 1. The number of benzene rings is 1. The van der Waals surface area contributed by atoms with E-state index in [9.17, 15) is 0 Å². The van der Waals surface area contributed by atoms with Gasteiger partial charge in [0.1, 0.15) is 0 Å². The van der Waals surface area contributed by atoms with Crippen LogP contribution in [0.5, 0.6) is 0 Å². The molecule has 0 bridgehead atoms. The van der Waals surface area contributed by atoms with E-state index in [2.05, 4.69) is 46.4 Å². The molecule has 1 saturated heterocycles. The molecule has 0 atom stereocenters. The van der Waals surface area contributed by atoms with Crippen LogP contribution in [0.25, 0.3) is 10.9 Å². The number of aromatic nitrogens is 1. The molecule has 0 radical (unpaired) electrons. The molecule has 1 aromatic carbocycles. The monoisotopic (exact) mass is 230 g/mol. The Bertz CT molecular complexity index is 486. The predicted molar refractivity (Wildman–Crippen MR) is 68.9 cm³/mol. The number of rotatable bonds is 3. The molecule has 0 unspecified atom stereocenters. The topological polar surface area (TPSA) is 26.2 Å². The minimum Gasteiger partial charge on any atom is -0.381 e. The third-order valence-corrected chi connectivity index (χ3v) is 3.45. The smallest absolute Gasteiger partial charge is 0.0728 e. The maximum absolute atomic E-state index is 5.36. The number of ether oxygens (including phenoxy) is 1. The van der Waals surface area contributed by atoms with Crippen molar-refractivity contribution in [1.29, 1.82) is 0 Å². The van der Waals surface area contributed by atoms with Gasteiger partial charge in [0.15, 0.2) is 0 Å². The van der Waals surface area contributed by atoms with Crippen molar-refractivity contribution in [3.8, 4) is 0 Å². The standard InChI is InChI=1S/C14H18N2O/c1-2-4-14-12(3-1)5-8-16(14)11-15-13-6-9-17-10-7-13/h1-5,8,13,15H,6-7,9-11H2. The van der Waals surface area contributed by atoms with E-state index in [1.54, 1.807) is 0 Å². The normalized spacial score (nSPS) is 17.6. The van der Waals surface area contributed by atoms with Crippen LogP contribution in [0.15, 0.2) is 36.5 Å². The molecule has 0 amide bonds. The number of fused-ring (bicyclic) bond motifs is 1. The Morgan fingerprint density at radius 3 is 2.88 bits per heavy atom. The van der Waals surface area contributed by atoms with E-state index >= 15 is 0 Å². The van der Waals surface area contributed by atoms with Gasteiger partial charge in [-0.05, 0) is 30.4 Å². The van der Waals surface area contributed by atoms with Crippen molar-refractivity contribution < 1.29 is 4.74 Å². The highest BCUT2D eigenvalue weighted by molar-refractivity contribution is 5.79. The first kappa shape index (κ1) is 10.8. The van der Waals surface area contributed by atoms with Gasteiger partial charge in [-0.3, -0.25) is 5.32 Å². The SMILES string of the molecule is c1ccc2c(c1)ccn2CNC1CCOCC1. The molecule has 3 heteroatoms. The van der Waals surface area contributed by atoms with E-state index in [0.717, 1.165) is 32.7 Å². The molecule has 17 heavy (non-hydrogen) atoms. The van der Waals surface area contributed by atoms with Gasteiger partial charge in [0.05, 0.1) is 6.67 Å². The van der Waals surface area contributed by atoms with Gasteiger partial charge < -0.3 is 9.30 Å². The highest BCUT2D eigenvalue weighted by Crippen LogP contribution is 2.15. The van der Waals surface area contributed by atoms with E-state index in [-0.39, 0.29) is 0 Å². The third kappa shape index (κ3) is 2.35. The Hall–Kier alpha value is -1.32. The highest BCUT2D eigenvalue weighted by atomic mass is 16.5. The number of hydrogen-bond acceptors (Lipinski definition) is 2. The van der Waals surface area contributed by atoms with Crippen LogP contribution in [-0.4, -0.2) is 23.8 Å². The van der Waals surface area contributed by atoms with Crippen LogP contribution in [0.1, 0.15) is 12.8 Å². The second kappa shape index (κ2) is 4.90. The minimum absolute atomic E-state index is 0.602. The van der Waals surface area contributed by atoms with E-state index in [1.165, 1.54) is 10.9 Å². The molecule has 2 aromatic rings. The lowest BCUT2D eigenvalue weighted by Gasteiger charge is -2.23. The van der Waals surface area contributed by atoms with Gasteiger partial charge in [-0.2, -0.15) is 0 Å². The van der Waals surface area contributed by atoms with E-state index in [0.29, 0.717) is 6.04 Å². The molecule has 3 rings (SSSR count). The third-order valence-electron chi connectivity index (χ3n) is 3.45. The molecule has 2 heterocycles. The summed E-state index contributed by atoms with van der Waals surface area (Å²) in [4.78, 5) is 0. The van der Waals surface area contributed by atoms with E-state index in [4.69, 9.17) is 4.74 Å². The van der Waals surface area contributed by atoms with Gasteiger partial charge in [-0.15, -0.1) is 0 Å². The highest BCUT2D eigenvalue weighted by Gasteiger charge is 2.12. The van der Waals surface area contributed by atoms with Crippen molar-refractivity contribution in [2.24, 2.45) is 0 Å². The molecule has 3 nitrogen and oxygen atoms in total. The molecular formula is C14H18N2O. The second-order valence-corrected chi connectivity index (χ2v) is 4.59. The van der Waals surface area contributed by atoms with Crippen LogP contribution >= 0.6 is 0 Å². The average Bonchev–Trinajstić information content (AvgIpc) is 2.81. The molecule has 90 valence electrons. The summed E-state index contributed by atoms with van der Waals surface area (Å²) in [6.45, 7) is 2.67. The van der Waals surface area contributed by atoms with Crippen molar-refractivity contribution >= 4 is 10.9 Å². The summed E-state index contributed by atoms with van der Waals surface area (Å²) < 4.78 is 7.63. The van der Waals surface area contributed by atoms with E-state index in [1.807, 2.05) is 0 Å². The fourth-order valence-corrected chi connectivity index (χ4v) is 2.41. The van der Waals surface area contributed by atoms with Gasteiger partial charge in [0.25, 0.3) is 0 Å². The summed E-state index contributed by atoms with van der Waals surface area (Å²) in [5.41, 5.74) is 1.30. The predicted octanol–water partition coefficient (Wildman–Crippen LogP) is 2.37. The molecule has 0 spiro atoms. The summed E-state index contributed by atoms with van der Waals surface area (Å²) in [6, 6.07) is 11.3. The van der Waals surface area contributed by atoms with Gasteiger partial charge in [-0.1, -0.05) is 18.2 Å². The van der Waals surface area contributed by atoms with Crippen molar-refractivity contribution in [3.05, 3.63) is 36.5 Å². The Morgan fingerprint density at radius 1 is 1.18 bits per heavy atom. The van der Waals surface area contributed by atoms with Crippen LogP contribution in [0, 0.1) is 0 Å². The lowest BCUT2D eigenvalue weighted by atomic mass is 10.1. The largest absolute Gasteiger partial charge is 0.381 e. The first-order chi connectivity index (χ1) is 8.43. The molecule has 0 saturated carbocycles. The van der Waals surface area contributed by atoms with Crippen LogP contribution in [-0.2, 0) is 11.4 Å². The summed E-state index contributed by atoms with van der Waals surface area (Å²) in [6.07, 6.45) is 4.40. The van der Waals surface area contributed by atoms with Crippen molar-refractivity contribution in [2.75, 3.05) is 13.2 Å². The Balaban J connectivity index is 1.68. The first-order valence-corrected chi connectivity index (χ1v) is 6.28. The fraction of sp³-hybridized carbons (Fsp3) is 0.429. The van der Waals surface area contributed by atoms with Gasteiger partial charge >= 0.3 is 0 Å². The maximum atomic E-state index is 5.36. The van der Waals surface area contributed by atoms with Crippen molar-refractivity contribution in [3.63, 3.8) is 0 Å². The Morgan fingerprint density at radius 2 is 2.00 bits per heavy atom. The second-order valence-electron chi connectivity index (χ2n) is 4.59. The zero-order valence-corrected chi connectivity index (χ0v) is 9.93. The zero-order valence-electron chi connectivity index (χ0n) is 9.93. The number of para-hydroxylation sites is 1. The zero-order chi connectivity index (χ0) is 11.5. The fourth-order valence-electron chi connectivity index (χ4n) is 2.41. The number of nitrogens with zero attached hydrogens (tertiary/aromatic N) is 1.